The summed E-state index contributed by atoms with van der Waals surface area (Å²) in [6.07, 6.45) is 3.13. The molecular formula is C15H19NO2. The quantitative estimate of drug-likeness (QED) is 0.866. The van der Waals surface area contributed by atoms with Crippen molar-refractivity contribution in [2.45, 2.75) is 32.2 Å². The van der Waals surface area contributed by atoms with Crippen LogP contribution in [0.2, 0.25) is 0 Å². The molecule has 1 N–H and O–H groups in total. The Balaban J connectivity index is 1.68. The van der Waals surface area contributed by atoms with Crippen molar-refractivity contribution in [1.82, 2.24) is 5.32 Å². The highest BCUT2D eigenvalue weighted by Gasteiger charge is 2.74. The number of methoxy groups -OCH3 is 1. The Labute approximate surface area is 108 Å². The second-order valence-electron chi connectivity index (χ2n) is 5.47. The Hall–Kier alpha value is -1.51. The third-order valence-electron chi connectivity index (χ3n) is 4.37. The highest BCUT2D eigenvalue weighted by molar-refractivity contribution is 5.90. The van der Waals surface area contributed by atoms with Crippen molar-refractivity contribution in [3.05, 3.63) is 29.8 Å². The number of carbonyl (C=O) groups excluding carboxylic acids is 1. The summed E-state index contributed by atoms with van der Waals surface area (Å²) in [7, 11) is 1.66. The number of fused-ring (bicyclic) bond motifs is 1. The minimum absolute atomic E-state index is 0.0554. The van der Waals surface area contributed by atoms with E-state index in [4.69, 9.17) is 4.74 Å². The lowest BCUT2D eigenvalue weighted by Crippen LogP contribution is -2.31. The molecule has 1 amide bonds. The molecular weight excluding hydrogens is 226 g/mol. The standard InChI is InChI=1S/C15H19NO2/c1-3-13(10-4-6-12(18-2)7-5-10)16-14(17)15-8-11(15)9-15/h4-7,11,13H,3,8-9H2,1-2H3,(H,16,17). The molecule has 0 saturated heterocycles. The molecule has 2 aliphatic rings. The number of hydrogen-bond donors (Lipinski definition) is 1. The zero-order chi connectivity index (χ0) is 12.8. The Morgan fingerprint density at radius 1 is 1.44 bits per heavy atom. The van der Waals surface area contributed by atoms with Gasteiger partial charge in [-0.05, 0) is 42.9 Å². The Kier molecular flexibility index (Phi) is 2.58. The van der Waals surface area contributed by atoms with Gasteiger partial charge >= 0.3 is 0 Å². The number of nitrogens with one attached hydrogen (secondary N) is 1. The fraction of sp³-hybridized carbons (Fsp3) is 0.533. The van der Waals surface area contributed by atoms with Gasteiger partial charge in [0.25, 0.3) is 0 Å². The zero-order valence-corrected chi connectivity index (χ0v) is 10.9. The fourth-order valence-electron chi connectivity index (χ4n) is 2.63. The number of ether oxygens (including phenoxy) is 1. The molecule has 2 fully saturated rings. The van der Waals surface area contributed by atoms with Gasteiger partial charge in [-0.1, -0.05) is 19.1 Å². The second kappa shape index (κ2) is 4.01. The van der Waals surface area contributed by atoms with Gasteiger partial charge in [0, 0.05) is 0 Å². The van der Waals surface area contributed by atoms with Crippen LogP contribution in [0.3, 0.4) is 0 Å². The van der Waals surface area contributed by atoms with Crippen LogP contribution in [0.4, 0.5) is 0 Å². The molecule has 96 valence electrons. The predicted octanol–water partition coefficient (Wildman–Crippen LogP) is 2.67. The summed E-state index contributed by atoms with van der Waals surface area (Å²) in [6, 6.07) is 8.07. The van der Waals surface area contributed by atoms with E-state index in [1.54, 1.807) is 7.11 Å². The van der Waals surface area contributed by atoms with E-state index >= 15 is 0 Å². The Bertz CT molecular complexity index is 460. The van der Waals surface area contributed by atoms with E-state index in [1.165, 1.54) is 0 Å². The maximum Gasteiger partial charge on any atom is 0.227 e. The van der Waals surface area contributed by atoms with Gasteiger partial charge in [0.2, 0.25) is 5.91 Å². The van der Waals surface area contributed by atoms with Crippen molar-refractivity contribution in [2.75, 3.05) is 7.11 Å². The van der Waals surface area contributed by atoms with Crippen molar-refractivity contribution in [2.24, 2.45) is 11.3 Å². The van der Waals surface area contributed by atoms with Gasteiger partial charge in [-0.3, -0.25) is 4.79 Å². The van der Waals surface area contributed by atoms with Crippen LogP contribution in [0, 0.1) is 11.3 Å². The highest BCUT2D eigenvalue weighted by Crippen LogP contribution is 2.75. The first-order chi connectivity index (χ1) is 8.69. The fourth-order valence-corrected chi connectivity index (χ4v) is 2.63. The van der Waals surface area contributed by atoms with Crippen molar-refractivity contribution >= 4 is 5.91 Å². The lowest BCUT2D eigenvalue weighted by Gasteiger charge is -2.19. The molecule has 1 unspecified atom stereocenters. The smallest absolute Gasteiger partial charge is 0.227 e. The maximum absolute atomic E-state index is 12.1. The van der Waals surface area contributed by atoms with Crippen molar-refractivity contribution in [3.63, 3.8) is 0 Å². The summed E-state index contributed by atoms with van der Waals surface area (Å²) in [5.41, 5.74) is 1.21. The molecule has 3 heteroatoms. The number of rotatable bonds is 5. The monoisotopic (exact) mass is 245 g/mol. The SMILES string of the molecule is CCC(NC(=O)C12CC1C2)c1ccc(OC)cc1. The first kappa shape index (κ1) is 11.6. The lowest BCUT2D eigenvalue weighted by atomic mass is 10.0. The molecule has 0 spiro atoms. The van der Waals surface area contributed by atoms with Crippen molar-refractivity contribution in [3.8, 4) is 5.75 Å². The van der Waals surface area contributed by atoms with Gasteiger partial charge in [-0.15, -0.1) is 0 Å². The molecule has 0 heterocycles. The first-order valence-electron chi connectivity index (χ1n) is 6.64. The molecule has 2 aliphatic carbocycles. The molecule has 0 aliphatic heterocycles. The third kappa shape index (κ3) is 1.78. The van der Waals surface area contributed by atoms with Crippen LogP contribution in [-0.4, -0.2) is 13.0 Å². The lowest BCUT2D eigenvalue weighted by molar-refractivity contribution is -0.125. The molecule has 3 nitrogen and oxygen atoms in total. The predicted molar refractivity (Wildman–Crippen MR) is 69.3 cm³/mol. The largest absolute Gasteiger partial charge is 0.497 e. The Morgan fingerprint density at radius 3 is 2.50 bits per heavy atom. The number of amides is 1. The van der Waals surface area contributed by atoms with Crippen LogP contribution in [0.1, 0.15) is 37.8 Å². The maximum atomic E-state index is 12.1. The van der Waals surface area contributed by atoms with Crippen molar-refractivity contribution in [1.29, 1.82) is 0 Å². The van der Waals surface area contributed by atoms with E-state index < -0.39 is 0 Å². The van der Waals surface area contributed by atoms with Gasteiger partial charge in [-0.2, -0.15) is 0 Å². The average molecular weight is 245 g/mol. The van der Waals surface area contributed by atoms with Crippen LogP contribution in [-0.2, 0) is 4.79 Å². The molecule has 0 bridgehead atoms. The molecule has 2 saturated carbocycles. The van der Waals surface area contributed by atoms with Crippen LogP contribution < -0.4 is 10.1 Å². The minimum Gasteiger partial charge on any atom is -0.497 e. The van der Waals surface area contributed by atoms with E-state index in [0.717, 1.165) is 30.6 Å². The van der Waals surface area contributed by atoms with Gasteiger partial charge in [0.05, 0.1) is 18.6 Å². The molecule has 3 rings (SSSR count). The summed E-state index contributed by atoms with van der Waals surface area (Å²) in [5.74, 6) is 1.81. The summed E-state index contributed by atoms with van der Waals surface area (Å²) in [5, 5.41) is 3.18. The topological polar surface area (TPSA) is 38.3 Å². The van der Waals surface area contributed by atoms with E-state index in [9.17, 15) is 4.79 Å². The molecule has 1 aromatic carbocycles. The second-order valence-corrected chi connectivity index (χ2v) is 5.47. The number of benzene rings is 1. The first-order valence-corrected chi connectivity index (χ1v) is 6.64. The Morgan fingerprint density at radius 2 is 2.06 bits per heavy atom. The average Bonchev–Trinajstić information content (AvgIpc) is 3.25. The minimum atomic E-state index is 0.0554. The molecule has 1 atom stereocenters. The summed E-state index contributed by atoms with van der Waals surface area (Å²) < 4.78 is 5.15. The summed E-state index contributed by atoms with van der Waals surface area (Å²) in [4.78, 5) is 12.1. The number of carbonyl (C=O) groups is 1. The molecule has 18 heavy (non-hydrogen) atoms. The van der Waals surface area contributed by atoms with E-state index in [2.05, 4.69) is 12.2 Å². The third-order valence-corrected chi connectivity index (χ3v) is 4.37. The summed E-state index contributed by atoms with van der Waals surface area (Å²) >= 11 is 0. The van der Waals surface area contributed by atoms with Gasteiger partial charge in [0.15, 0.2) is 0 Å². The normalized spacial score (nSPS) is 29.1. The molecule has 0 aromatic heterocycles. The zero-order valence-electron chi connectivity index (χ0n) is 10.9. The van der Waals surface area contributed by atoms with E-state index in [0.29, 0.717) is 5.92 Å². The van der Waals surface area contributed by atoms with Gasteiger partial charge in [0.1, 0.15) is 5.75 Å². The van der Waals surface area contributed by atoms with Crippen LogP contribution >= 0.6 is 0 Å². The van der Waals surface area contributed by atoms with E-state index in [1.807, 2.05) is 24.3 Å². The van der Waals surface area contributed by atoms with Crippen molar-refractivity contribution < 1.29 is 9.53 Å². The highest BCUT2D eigenvalue weighted by atomic mass is 16.5. The molecule has 0 radical (unpaired) electrons. The number of hydrogen-bond acceptors (Lipinski definition) is 2. The van der Waals surface area contributed by atoms with E-state index in [-0.39, 0.29) is 17.4 Å². The summed E-state index contributed by atoms with van der Waals surface area (Å²) in [6.45, 7) is 2.10. The van der Waals surface area contributed by atoms with Gasteiger partial charge in [-0.25, -0.2) is 0 Å². The van der Waals surface area contributed by atoms with Crippen LogP contribution in [0.5, 0.6) is 5.75 Å². The molecule has 1 aromatic rings. The van der Waals surface area contributed by atoms with Crippen LogP contribution in [0.25, 0.3) is 0 Å². The van der Waals surface area contributed by atoms with Gasteiger partial charge < -0.3 is 10.1 Å². The van der Waals surface area contributed by atoms with Crippen LogP contribution in [0.15, 0.2) is 24.3 Å².